The highest BCUT2D eigenvalue weighted by atomic mass is 32.2. The molecule has 8 heteroatoms. The Morgan fingerprint density at radius 3 is 2.85 bits per heavy atom. The number of aryl methyl sites for hydroxylation is 1. The number of nitriles is 1. The second kappa shape index (κ2) is 5.81. The number of carboxylic acids is 1. The molecule has 0 unspecified atom stereocenters. The lowest BCUT2D eigenvalue weighted by atomic mass is 10.1. The zero-order valence-corrected chi connectivity index (χ0v) is 12.3. The van der Waals surface area contributed by atoms with E-state index < -0.39 is 16.0 Å². The Kier molecular flexibility index (Phi) is 4.30. The van der Waals surface area contributed by atoms with Gasteiger partial charge in [-0.25, -0.2) is 8.42 Å². The van der Waals surface area contributed by atoms with Crippen LogP contribution in [0.15, 0.2) is 0 Å². The van der Waals surface area contributed by atoms with Crippen molar-refractivity contribution in [3.05, 3.63) is 16.0 Å². The monoisotopic (exact) mass is 314 g/mol. The van der Waals surface area contributed by atoms with Crippen LogP contribution in [0.25, 0.3) is 0 Å². The summed E-state index contributed by atoms with van der Waals surface area (Å²) in [7, 11) is -3.60. The van der Waals surface area contributed by atoms with Crippen LogP contribution < -0.4 is 4.72 Å². The van der Waals surface area contributed by atoms with E-state index in [9.17, 15) is 13.2 Å². The van der Waals surface area contributed by atoms with Gasteiger partial charge in [0.1, 0.15) is 11.1 Å². The zero-order valence-electron chi connectivity index (χ0n) is 10.7. The van der Waals surface area contributed by atoms with Crippen LogP contribution in [0.3, 0.4) is 0 Å². The van der Waals surface area contributed by atoms with Crippen LogP contribution >= 0.6 is 11.3 Å². The second-order valence-corrected chi connectivity index (χ2v) is 7.54. The first-order valence-corrected chi connectivity index (χ1v) is 8.67. The number of fused-ring (bicyclic) bond motifs is 1. The molecule has 20 heavy (non-hydrogen) atoms. The van der Waals surface area contributed by atoms with Crippen molar-refractivity contribution >= 4 is 32.3 Å². The van der Waals surface area contributed by atoms with Gasteiger partial charge in [0.25, 0.3) is 0 Å². The van der Waals surface area contributed by atoms with Gasteiger partial charge in [-0.2, -0.15) is 5.26 Å². The molecule has 6 nitrogen and oxygen atoms in total. The highest BCUT2D eigenvalue weighted by Gasteiger charge is 2.24. The number of thiophene rings is 1. The van der Waals surface area contributed by atoms with Crippen molar-refractivity contribution in [2.24, 2.45) is 0 Å². The van der Waals surface area contributed by atoms with Crippen LogP contribution in [0.5, 0.6) is 0 Å². The Morgan fingerprint density at radius 2 is 2.20 bits per heavy atom. The molecule has 1 aromatic heterocycles. The topological polar surface area (TPSA) is 107 Å². The standard InChI is InChI=1S/C12H14N2O4S2/c13-7-9-8-3-1-4-10(8)19-12(9)14-20(17,18)6-2-5-11(15)16/h14H,1-6H2,(H,15,16). The van der Waals surface area contributed by atoms with Crippen molar-refractivity contribution in [2.75, 3.05) is 10.5 Å². The van der Waals surface area contributed by atoms with Gasteiger partial charge in [-0.05, 0) is 31.2 Å². The molecule has 2 N–H and O–H groups in total. The Bertz CT molecular complexity index is 670. The number of hydrogen-bond donors (Lipinski definition) is 2. The Balaban J connectivity index is 2.10. The number of nitrogens with zero attached hydrogens (tertiary/aromatic N) is 1. The van der Waals surface area contributed by atoms with E-state index in [0.717, 1.165) is 29.7 Å². The average Bonchev–Trinajstić information content (AvgIpc) is 2.87. The predicted octanol–water partition coefficient (Wildman–Crippen LogP) is 1.71. The van der Waals surface area contributed by atoms with E-state index in [1.165, 1.54) is 11.3 Å². The number of rotatable bonds is 6. The van der Waals surface area contributed by atoms with E-state index in [2.05, 4.69) is 10.8 Å². The minimum atomic E-state index is -3.60. The quantitative estimate of drug-likeness (QED) is 0.831. The Labute approximate surface area is 121 Å². The first-order chi connectivity index (χ1) is 9.43. The van der Waals surface area contributed by atoms with Crippen LogP contribution in [-0.2, 0) is 27.7 Å². The molecule has 1 aliphatic rings. The number of sulfonamides is 1. The number of carboxylic acid groups (broad SMARTS) is 1. The molecule has 108 valence electrons. The van der Waals surface area contributed by atoms with Crippen LogP contribution in [0.4, 0.5) is 5.00 Å². The molecule has 0 atom stereocenters. The summed E-state index contributed by atoms with van der Waals surface area (Å²) in [5.41, 5.74) is 1.38. The minimum Gasteiger partial charge on any atom is -0.481 e. The summed E-state index contributed by atoms with van der Waals surface area (Å²) in [5, 5.41) is 18.0. The lowest BCUT2D eigenvalue weighted by Crippen LogP contribution is -2.17. The molecule has 0 saturated carbocycles. The lowest BCUT2D eigenvalue weighted by molar-refractivity contribution is -0.137. The molecular weight excluding hydrogens is 300 g/mol. The summed E-state index contributed by atoms with van der Waals surface area (Å²) in [6.45, 7) is 0. The van der Waals surface area contributed by atoms with Gasteiger partial charge in [-0.15, -0.1) is 11.3 Å². The van der Waals surface area contributed by atoms with Crippen molar-refractivity contribution in [3.63, 3.8) is 0 Å². The third-order valence-electron chi connectivity index (χ3n) is 3.09. The summed E-state index contributed by atoms with van der Waals surface area (Å²) in [4.78, 5) is 11.5. The molecule has 1 aromatic rings. The van der Waals surface area contributed by atoms with E-state index in [1.807, 2.05) is 0 Å². The van der Waals surface area contributed by atoms with Gasteiger partial charge in [-0.1, -0.05) is 0 Å². The summed E-state index contributed by atoms with van der Waals surface area (Å²) in [6.07, 6.45) is 2.57. The summed E-state index contributed by atoms with van der Waals surface area (Å²) < 4.78 is 26.2. The molecule has 0 amide bonds. The first-order valence-electron chi connectivity index (χ1n) is 6.20. The maximum atomic E-state index is 11.9. The van der Waals surface area contributed by atoms with E-state index in [1.54, 1.807) is 0 Å². The molecule has 0 fully saturated rings. The number of aliphatic carboxylic acids is 1. The molecule has 2 rings (SSSR count). The minimum absolute atomic E-state index is 0.0532. The molecule has 0 saturated heterocycles. The van der Waals surface area contributed by atoms with Gasteiger partial charge in [0.05, 0.1) is 11.3 Å². The molecular formula is C12H14N2O4S2. The first kappa shape index (κ1) is 14.8. The average molecular weight is 314 g/mol. The van der Waals surface area contributed by atoms with Crippen molar-refractivity contribution in [1.82, 2.24) is 0 Å². The summed E-state index contributed by atoms with van der Waals surface area (Å²) in [5.74, 6) is -1.28. The number of carbonyl (C=O) groups is 1. The molecule has 0 spiro atoms. The lowest BCUT2D eigenvalue weighted by Gasteiger charge is -2.06. The van der Waals surface area contributed by atoms with Gasteiger partial charge >= 0.3 is 5.97 Å². The van der Waals surface area contributed by atoms with Crippen LogP contribution in [-0.4, -0.2) is 25.2 Å². The normalized spacial score (nSPS) is 13.8. The van der Waals surface area contributed by atoms with Crippen LogP contribution in [0, 0.1) is 11.3 Å². The van der Waals surface area contributed by atoms with Gasteiger partial charge in [0, 0.05) is 11.3 Å². The number of anilines is 1. The number of nitrogens with one attached hydrogen (secondary N) is 1. The highest BCUT2D eigenvalue weighted by Crippen LogP contribution is 2.38. The molecule has 0 bridgehead atoms. The Morgan fingerprint density at radius 1 is 1.45 bits per heavy atom. The van der Waals surface area contributed by atoms with Crippen molar-refractivity contribution in [3.8, 4) is 6.07 Å². The SMILES string of the molecule is N#Cc1c(NS(=O)(=O)CCCC(=O)O)sc2c1CCC2. The van der Waals surface area contributed by atoms with E-state index in [-0.39, 0.29) is 18.6 Å². The number of hydrogen-bond acceptors (Lipinski definition) is 5. The molecule has 0 aromatic carbocycles. The third kappa shape index (κ3) is 3.29. The van der Waals surface area contributed by atoms with Crippen LogP contribution in [0.1, 0.15) is 35.3 Å². The van der Waals surface area contributed by atoms with Crippen molar-refractivity contribution in [1.29, 1.82) is 5.26 Å². The maximum Gasteiger partial charge on any atom is 0.303 e. The van der Waals surface area contributed by atoms with Gasteiger partial charge in [-0.3, -0.25) is 9.52 Å². The zero-order chi connectivity index (χ0) is 14.8. The molecule has 1 aliphatic carbocycles. The van der Waals surface area contributed by atoms with Gasteiger partial charge < -0.3 is 5.11 Å². The van der Waals surface area contributed by atoms with E-state index in [4.69, 9.17) is 10.4 Å². The smallest absolute Gasteiger partial charge is 0.303 e. The van der Waals surface area contributed by atoms with E-state index >= 15 is 0 Å². The highest BCUT2D eigenvalue weighted by molar-refractivity contribution is 7.92. The molecule has 1 heterocycles. The second-order valence-electron chi connectivity index (χ2n) is 4.59. The fourth-order valence-corrected chi connectivity index (χ4v) is 4.85. The third-order valence-corrected chi connectivity index (χ3v) is 5.76. The molecule has 0 radical (unpaired) electrons. The predicted molar refractivity (Wildman–Crippen MR) is 75.3 cm³/mol. The van der Waals surface area contributed by atoms with Crippen molar-refractivity contribution < 1.29 is 18.3 Å². The van der Waals surface area contributed by atoms with E-state index in [0.29, 0.717) is 10.6 Å². The summed E-state index contributed by atoms with van der Waals surface area (Å²) >= 11 is 1.31. The fourth-order valence-electron chi connectivity index (χ4n) is 2.20. The fraction of sp³-hybridized carbons (Fsp3) is 0.500. The maximum absolute atomic E-state index is 11.9. The van der Waals surface area contributed by atoms with Gasteiger partial charge in [0.15, 0.2) is 0 Å². The Hall–Kier alpha value is -1.59. The van der Waals surface area contributed by atoms with Gasteiger partial charge in [0.2, 0.25) is 10.0 Å². The molecule has 0 aliphatic heterocycles. The summed E-state index contributed by atoms with van der Waals surface area (Å²) in [6, 6.07) is 2.06. The van der Waals surface area contributed by atoms with Crippen LogP contribution in [0.2, 0.25) is 0 Å². The van der Waals surface area contributed by atoms with Crippen molar-refractivity contribution in [2.45, 2.75) is 32.1 Å². The largest absolute Gasteiger partial charge is 0.481 e.